The Morgan fingerprint density at radius 3 is 2.68 bits per heavy atom. The lowest BCUT2D eigenvalue weighted by molar-refractivity contribution is 0.205. The Labute approximate surface area is 170 Å². The summed E-state index contributed by atoms with van der Waals surface area (Å²) in [6, 6.07) is 10.5. The van der Waals surface area contributed by atoms with Crippen molar-refractivity contribution in [2.45, 2.75) is 25.8 Å². The van der Waals surface area contributed by atoms with E-state index < -0.39 is 0 Å². The highest BCUT2D eigenvalue weighted by atomic mass is 35.5. The third kappa shape index (κ3) is 4.28. The maximum atomic E-state index is 13.1. The molecule has 0 radical (unpaired) electrons. The van der Waals surface area contributed by atoms with E-state index in [1.165, 1.54) is 0 Å². The summed E-state index contributed by atoms with van der Waals surface area (Å²) in [5, 5.41) is 3.48. The number of amides is 2. The van der Waals surface area contributed by atoms with E-state index in [1.54, 1.807) is 32.4 Å². The fourth-order valence-electron chi connectivity index (χ4n) is 3.50. The van der Waals surface area contributed by atoms with Crippen LogP contribution in [0.1, 0.15) is 31.4 Å². The lowest BCUT2D eigenvalue weighted by Crippen LogP contribution is -2.34. The van der Waals surface area contributed by atoms with Gasteiger partial charge >= 0.3 is 6.03 Å². The molecule has 28 heavy (non-hydrogen) atoms. The maximum absolute atomic E-state index is 13.1. The Kier molecular flexibility index (Phi) is 6.52. The van der Waals surface area contributed by atoms with E-state index in [9.17, 15) is 4.79 Å². The average Bonchev–Trinajstić information content (AvgIpc) is 3.19. The molecule has 1 atom stereocenters. The fraction of sp³-hybridized carbons (Fsp3) is 0.381. The molecule has 1 unspecified atom stereocenters. The molecule has 1 N–H and O–H groups in total. The molecule has 3 rings (SSSR count). The molecule has 2 aromatic rings. The second-order valence-electron chi connectivity index (χ2n) is 6.46. The standard InChI is InChI=1S/C21H25ClN2O4/c1-4-28-20-9-7-14(22)12-17(20)23-21(25)24-11-5-6-18(24)16-13-15(26-2)8-10-19(16)27-3/h7-10,12-13,18H,4-6,11H2,1-3H3,(H,23,25). The minimum atomic E-state index is -0.199. The van der Waals surface area contributed by atoms with Crippen LogP contribution >= 0.6 is 11.6 Å². The van der Waals surface area contributed by atoms with Crippen molar-refractivity contribution in [3.05, 3.63) is 47.0 Å². The number of halogens is 1. The van der Waals surface area contributed by atoms with Gasteiger partial charge in [0.1, 0.15) is 17.2 Å². The van der Waals surface area contributed by atoms with Gasteiger partial charge in [-0.05, 0) is 56.2 Å². The Morgan fingerprint density at radius 2 is 1.96 bits per heavy atom. The molecule has 1 aliphatic heterocycles. The molecule has 0 aliphatic carbocycles. The highest BCUT2D eigenvalue weighted by Gasteiger charge is 2.32. The summed E-state index contributed by atoms with van der Waals surface area (Å²) in [6.45, 7) is 3.05. The Hall–Kier alpha value is -2.60. The molecule has 1 heterocycles. The zero-order valence-electron chi connectivity index (χ0n) is 16.3. The number of rotatable bonds is 6. The maximum Gasteiger partial charge on any atom is 0.322 e. The normalized spacial score (nSPS) is 16.0. The third-order valence-electron chi connectivity index (χ3n) is 4.79. The molecule has 7 heteroatoms. The number of hydrogen-bond acceptors (Lipinski definition) is 4. The molecule has 0 spiro atoms. The molecule has 0 aromatic heterocycles. The van der Waals surface area contributed by atoms with Gasteiger partial charge in [-0.25, -0.2) is 4.79 Å². The minimum Gasteiger partial charge on any atom is -0.497 e. The first kappa shape index (κ1) is 20.1. The Morgan fingerprint density at radius 1 is 1.18 bits per heavy atom. The van der Waals surface area contributed by atoms with Crippen LogP contribution in [-0.2, 0) is 0 Å². The van der Waals surface area contributed by atoms with E-state index in [2.05, 4.69) is 5.32 Å². The lowest BCUT2D eigenvalue weighted by Gasteiger charge is -2.27. The number of urea groups is 1. The quantitative estimate of drug-likeness (QED) is 0.725. The fourth-order valence-corrected chi connectivity index (χ4v) is 3.67. The van der Waals surface area contributed by atoms with Crippen LogP contribution in [0.5, 0.6) is 17.2 Å². The van der Waals surface area contributed by atoms with E-state index in [4.69, 9.17) is 25.8 Å². The number of likely N-dealkylation sites (tertiary alicyclic amines) is 1. The van der Waals surface area contributed by atoms with Crippen molar-refractivity contribution in [2.24, 2.45) is 0 Å². The van der Waals surface area contributed by atoms with Crippen molar-refractivity contribution in [1.82, 2.24) is 4.90 Å². The van der Waals surface area contributed by atoms with Crippen LogP contribution in [0, 0.1) is 0 Å². The molecule has 2 amide bonds. The highest BCUT2D eigenvalue weighted by molar-refractivity contribution is 6.31. The predicted octanol–water partition coefficient (Wildman–Crippen LogP) is 5.12. The van der Waals surface area contributed by atoms with Crippen LogP contribution < -0.4 is 19.5 Å². The number of nitrogens with one attached hydrogen (secondary N) is 1. The van der Waals surface area contributed by atoms with Gasteiger partial charge in [-0.2, -0.15) is 0 Å². The van der Waals surface area contributed by atoms with Crippen molar-refractivity contribution >= 4 is 23.3 Å². The van der Waals surface area contributed by atoms with Gasteiger partial charge in [-0.15, -0.1) is 0 Å². The van der Waals surface area contributed by atoms with Crippen LogP contribution in [0.2, 0.25) is 5.02 Å². The van der Waals surface area contributed by atoms with Gasteiger partial charge in [0.25, 0.3) is 0 Å². The summed E-state index contributed by atoms with van der Waals surface area (Å²) in [4.78, 5) is 14.9. The monoisotopic (exact) mass is 404 g/mol. The number of methoxy groups -OCH3 is 2. The van der Waals surface area contributed by atoms with Crippen molar-refractivity contribution in [3.63, 3.8) is 0 Å². The largest absolute Gasteiger partial charge is 0.497 e. The molecule has 1 saturated heterocycles. The summed E-state index contributed by atoms with van der Waals surface area (Å²) in [7, 11) is 3.25. The predicted molar refractivity (Wildman–Crippen MR) is 110 cm³/mol. The summed E-state index contributed by atoms with van der Waals surface area (Å²) in [6.07, 6.45) is 1.76. The zero-order valence-corrected chi connectivity index (χ0v) is 17.1. The average molecular weight is 405 g/mol. The van der Waals surface area contributed by atoms with Gasteiger partial charge in [-0.3, -0.25) is 0 Å². The second kappa shape index (κ2) is 9.06. The molecule has 150 valence electrons. The van der Waals surface area contributed by atoms with E-state index in [-0.39, 0.29) is 12.1 Å². The number of ether oxygens (including phenoxy) is 3. The van der Waals surface area contributed by atoms with Gasteiger partial charge in [0.05, 0.1) is 32.6 Å². The third-order valence-corrected chi connectivity index (χ3v) is 5.03. The summed E-state index contributed by atoms with van der Waals surface area (Å²) in [5.74, 6) is 2.06. The van der Waals surface area contributed by atoms with E-state index in [0.29, 0.717) is 29.6 Å². The van der Waals surface area contributed by atoms with Gasteiger partial charge in [0, 0.05) is 17.1 Å². The first-order valence-electron chi connectivity index (χ1n) is 9.29. The number of nitrogens with zero attached hydrogens (tertiary/aromatic N) is 1. The number of hydrogen-bond donors (Lipinski definition) is 1. The summed E-state index contributed by atoms with van der Waals surface area (Å²) >= 11 is 6.11. The SMILES string of the molecule is CCOc1ccc(Cl)cc1NC(=O)N1CCCC1c1cc(OC)ccc1OC. The van der Waals surface area contributed by atoms with Crippen molar-refractivity contribution in [2.75, 3.05) is 32.7 Å². The van der Waals surface area contributed by atoms with Crippen LogP contribution in [0.3, 0.4) is 0 Å². The number of carbonyl (C=O) groups is 1. The van der Waals surface area contributed by atoms with Crippen molar-refractivity contribution in [1.29, 1.82) is 0 Å². The van der Waals surface area contributed by atoms with Crippen LogP contribution in [-0.4, -0.2) is 38.3 Å². The Bertz CT molecular complexity index is 843. The van der Waals surface area contributed by atoms with Crippen LogP contribution in [0.25, 0.3) is 0 Å². The van der Waals surface area contributed by atoms with E-state index in [1.807, 2.05) is 30.0 Å². The van der Waals surface area contributed by atoms with Crippen molar-refractivity contribution < 1.29 is 19.0 Å². The summed E-state index contributed by atoms with van der Waals surface area (Å²) < 4.78 is 16.5. The van der Waals surface area contributed by atoms with E-state index in [0.717, 1.165) is 29.9 Å². The minimum absolute atomic E-state index is 0.0974. The molecule has 6 nitrogen and oxygen atoms in total. The number of anilines is 1. The molecule has 1 fully saturated rings. The molecular weight excluding hydrogens is 380 g/mol. The topological polar surface area (TPSA) is 60.0 Å². The zero-order chi connectivity index (χ0) is 20.1. The van der Waals surface area contributed by atoms with Crippen LogP contribution in [0.4, 0.5) is 10.5 Å². The molecule has 2 aromatic carbocycles. The van der Waals surface area contributed by atoms with Gasteiger partial charge in [0.2, 0.25) is 0 Å². The number of carbonyl (C=O) groups excluding carboxylic acids is 1. The van der Waals surface area contributed by atoms with Gasteiger partial charge < -0.3 is 24.4 Å². The van der Waals surface area contributed by atoms with Crippen LogP contribution in [0.15, 0.2) is 36.4 Å². The summed E-state index contributed by atoms with van der Waals surface area (Å²) in [5.41, 5.74) is 1.49. The number of benzene rings is 2. The van der Waals surface area contributed by atoms with E-state index >= 15 is 0 Å². The first-order chi connectivity index (χ1) is 13.6. The Balaban J connectivity index is 1.86. The van der Waals surface area contributed by atoms with Gasteiger partial charge in [0.15, 0.2) is 0 Å². The lowest BCUT2D eigenvalue weighted by atomic mass is 10.0. The molecule has 0 bridgehead atoms. The second-order valence-corrected chi connectivity index (χ2v) is 6.90. The van der Waals surface area contributed by atoms with Crippen molar-refractivity contribution in [3.8, 4) is 17.2 Å². The smallest absolute Gasteiger partial charge is 0.322 e. The molecular formula is C21H25ClN2O4. The van der Waals surface area contributed by atoms with Gasteiger partial charge in [-0.1, -0.05) is 11.6 Å². The molecule has 0 saturated carbocycles. The first-order valence-corrected chi connectivity index (χ1v) is 9.67. The molecule has 1 aliphatic rings. The highest BCUT2D eigenvalue weighted by Crippen LogP contribution is 2.39.